The maximum Gasteiger partial charge on any atom is 0.346 e. The molecule has 0 N–H and O–H groups in total. The van der Waals surface area contributed by atoms with E-state index in [0.717, 1.165) is 30.0 Å². The monoisotopic (exact) mass is 737 g/mol. The third kappa shape index (κ3) is 6.32. The van der Waals surface area contributed by atoms with Crippen LogP contribution < -0.4 is 10.3 Å². The first-order valence-corrected chi connectivity index (χ1v) is 13.2. The van der Waals surface area contributed by atoms with Gasteiger partial charge in [-0.3, -0.25) is 4.79 Å². The van der Waals surface area contributed by atoms with E-state index in [4.69, 9.17) is 14.5 Å². The van der Waals surface area contributed by atoms with Gasteiger partial charge in [-0.05, 0) is 94.4 Å². The van der Waals surface area contributed by atoms with Gasteiger partial charge in [-0.1, -0.05) is 29.3 Å². The van der Waals surface area contributed by atoms with Gasteiger partial charge in [-0.25, -0.2) is 9.78 Å². The number of aromatic nitrogens is 2. The molecule has 7 nitrogen and oxygen atoms in total. The molecule has 0 aliphatic rings. The molecule has 0 aliphatic carbocycles. The van der Waals surface area contributed by atoms with Gasteiger partial charge in [-0.15, -0.1) is 0 Å². The van der Waals surface area contributed by atoms with E-state index in [0.29, 0.717) is 28.9 Å². The molecule has 2 aromatic carbocycles. The number of carbonyl (C=O) groups excluding carboxylic acids is 1. The van der Waals surface area contributed by atoms with E-state index < -0.39 is 12.1 Å². The molecule has 0 saturated carbocycles. The van der Waals surface area contributed by atoms with Gasteiger partial charge in [0, 0.05) is 10.9 Å². The second-order valence-electron chi connectivity index (χ2n) is 7.25. The predicted octanol–water partition coefficient (Wildman–Crippen LogP) is 5.53. The topological polar surface area (TPSA) is 82.8 Å². The van der Waals surface area contributed by atoms with Gasteiger partial charge in [0.1, 0.15) is 11.6 Å². The van der Waals surface area contributed by atoms with Crippen LogP contribution in [-0.2, 0) is 16.0 Å². The van der Waals surface area contributed by atoms with Crippen molar-refractivity contribution >= 4 is 84.2 Å². The van der Waals surface area contributed by atoms with Gasteiger partial charge in [0.2, 0.25) is 0 Å². The Hall–Kier alpha value is -1.54. The third-order valence-electron chi connectivity index (χ3n) is 4.80. The van der Waals surface area contributed by atoms with Crippen molar-refractivity contribution < 1.29 is 14.3 Å². The molecule has 33 heavy (non-hydrogen) atoms. The number of esters is 1. The highest BCUT2D eigenvalue weighted by Crippen LogP contribution is 2.29. The van der Waals surface area contributed by atoms with E-state index in [9.17, 15) is 9.59 Å². The minimum absolute atomic E-state index is 0.208. The number of hydrogen-bond donors (Lipinski definition) is 0. The van der Waals surface area contributed by atoms with Crippen molar-refractivity contribution in [2.75, 3.05) is 7.11 Å². The number of halogens is 3. The molecule has 1 atom stereocenters. The molecule has 0 spiro atoms. The molecule has 1 aromatic heterocycles. The lowest BCUT2D eigenvalue weighted by Gasteiger charge is -2.15. The number of methoxy groups -OCH3 is 1. The Morgan fingerprint density at radius 3 is 2.61 bits per heavy atom. The molecule has 0 saturated heterocycles. The zero-order valence-electron chi connectivity index (χ0n) is 18.3. The third-order valence-corrected chi connectivity index (χ3v) is 6.90. The molecule has 0 unspecified atom stereocenters. The standard InChI is InChI=1S/C23H22BrI2N3O4/c1-4-5-6-20-28-19-8-7-15(24)11-16(19)22(30)29(20)27-12-14-9-17(25)21(18(26)10-14)33-13(2)23(31)32-3/h7-13H,4-6H2,1-3H3/t13-/m1/s1. The first-order chi connectivity index (χ1) is 15.7. The minimum atomic E-state index is -0.723. The van der Waals surface area contributed by atoms with Crippen LogP contribution in [0.25, 0.3) is 10.9 Å². The molecular weight excluding hydrogens is 716 g/mol. The maximum absolute atomic E-state index is 13.2. The summed E-state index contributed by atoms with van der Waals surface area (Å²) in [6, 6.07) is 9.24. The summed E-state index contributed by atoms with van der Waals surface area (Å²) in [7, 11) is 1.33. The van der Waals surface area contributed by atoms with Crippen molar-refractivity contribution in [3.05, 3.63) is 63.7 Å². The normalized spacial score (nSPS) is 12.3. The molecule has 3 aromatic rings. The molecule has 0 aliphatic heterocycles. The van der Waals surface area contributed by atoms with Crippen LogP contribution >= 0.6 is 61.1 Å². The van der Waals surface area contributed by atoms with Crippen molar-refractivity contribution in [2.45, 2.75) is 39.2 Å². The first kappa shape index (κ1) is 26.1. The van der Waals surface area contributed by atoms with E-state index in [-0.39, 0.29) is 5.56 Å². The maximum atomic E-state index is 13.2. The van der Waals surface area contributed by atoms with Crippen LogP contribution in [0, 0.1) is 7.14 Å². The van der Waals surface area contributed by atoms with Crippen molar-refractivity contribution in [1.29, 1.82) is 0 Å². The summed E-state index contributed by atoms with van der Waals surface area (Å²) in [5.74, 6) is 0.787. The van der Waals surface area contributed by atoms with Crippen LogP contribution in [0.4, 0.5) is 0 Å². The SMILES string of the molecule is CCCCc1nc2ccc(Br)cc2c(=O)n1N=Cc1cc(I)c(O[C@H](C)C(=O)OC)c(I)c1. The number of hydrogen-bond acceptors (Lipinski definition) is 6. The summed E-state index contributed by atoms with van der Waals surface area (Å²) < 4.78 is 14.3. The number of rotatable bonds is 8. The quantitative estimate of drug-likeness (QED) is 0.173. The Balaban J connectivity index is 2.00. The summed E-state index contributed by atoms with van der Waals surface area (Å²) in [5.41, 5.74) is 1.25. The molecule has 0 bridgehead atoms. The van der Waals surface area contributed by atoms with Crippen molar-refractivity contribution in [3.8, 4) is 5.75 Å². The lowest BCUT2D eigenvalue weighted by molar-refractivity contribution is -0.147. The zero-order chi connectivity index (χ0) is 24.1. The lowest BCUT2D eigenvalue weighted by atomic mass is 10.2. The second kappa shape index (κ2) is 11.7. The van der Waals surface area contributed by atoms with E-state index in [1.165, 1.54) is 11.8 Å². The number of benzene rings is 2. The first-order valence-electron chi connectivity index (χ1n) is 10.2. The van der Waals surface area contributed by atoms with E-state index in [2.05, 4.69) is 73.1 Å². The van der Waals surface area contributed by atoms with Crippen molar-refractivity contribution in [3.63, 3.8) is 0 Å². The smallest absolute Gasteiger partial charge is 0.346 e. The largest absolute Gasteiger partial charge is 0.477 e. The van der Waals surface area contributed by atoms with Crippen molar-refractivity contribution in [2.24, 2.45) is 5.10 Å². The van der Waals surface area contributed by atoms with Gasteiger partial charge >= 0.3 is 5.97 Å². The van der Waals surface area contributed by atoms with E-state index >= 15 is 0 Å². The highest BCUT2D eigenvalue weighted by molar-refractivity contribution is 14.1. The molecule has 0 radical (unpaired) electrons. The van der Waals surface area contributed by atoms with Crippen LogP contribution in [-0.4, -0.2) is 35.1 Å². The number of nitrogens with zero attached hydrogens (tertiary/aromatic N) is 3. The van der Waals surface area contributed by atoms with Crippen LogP contribution in [0.5, 0.6) is 5.75 Å². The molecule has 0 amide bonds. The number of carbonyl (C=O) groups is 1. The van der Waals surface area contributed by atoms with Crippen molar-refractivity contribution in [1.82, 2.24) is 9.66 Å². The second-order valence-corrected chi connectivity index (χ2v) is 10.5. The Bertz CT molecular complexity index is 1250. The Kier molecular flexibility index (Phi) is 9.27. The lowest BCUT2D eigenvalue weighted by Crippen LogP contribution is -2.25. The molecular formula is C23H22BrI2N3O4. The number of unbranched alkanes of at least 4 members (excludes halogenated alkanes) is 1. The Morgan fingerprint density at radius 2 is 1.97 bits per heavy atom. The molecule has 0 fully saturated rings. The van der Waals surface area contributed by atoms with E-state index in [1.54, 1.807) is 19.2 Å². The summed E-state index contributed by atoms with van der Waals surface area (Å²) >= 11 is 7.73. The summed E-state index contributed by atoms with van der Waals surface area (Å²) in [6.45, 7) is 3.74. The molecule has 174 valence electrons. The van der Waals surface area contributed by atoms with Crippen LogP contribution in [0.3, 0.4) is 0 Å². The molecule has 1 heterocycles. The fraction of sp³-hybridized carbons (Fsp3) is 0.304. The predicted molar refractivity (Wildman–Crippen MR) is 149 cm³/mol. The highest BCUT2D eigenvalue weighted by Gasteiger charge is 2.18. The van der Waals surface area contributed by atoms with Gasteiger partial charge < -0.3 is 9.47 Å². The van der Waals surface area contributed by atoms with Crippen LogP contribution in [0.2, 0.25) is 0 Å². The number of ether oxygens (including phenoxy) is 2. The summed E-state index contributed by atoms with van der Waals surface area (Å²) in [6.07, 6.45) is 3.46. The van der Waals surface area contributed by atoms with Gasteiger partial charge in [-0.2, -0.15) is 9.78 Å². The van der Waals surface area contributed by atoms with Crippen LogP contribution in [0.1, 0.15) is 38.1 Å². The number of aryl methyl sites for hydroxylation is 1. The summed E-state index contributed by atoms with van der Waals surface area (Å²) in [5, 5.41) is 5.01. The average molecular weight is 738 g/mol. The fourth-order valence-corrected chi connectivity index (χ4v) is 5.52. The summed E-state index contributed by atoms with van der Waals surface area (Å²) in [4.78, 5) is 29.6. The average Bonchev–Trinajstić information content (AvgIpc) is 2.79. The minimum Gasteiger partial charge on any atom is -0.477 e. The molecule has 10 heteroatoms. The van der Waals surface area contributed by atoms with Gasteiger partial charge in [0.05, 0.1) is 31.4 Å². The van der Waals surface area contributed by atoms with E-state index in [1.807, 2.05) is 24.3 Å². The highest BCUT2D eigenvalue weighted by atomic mass is 127. The van der Waals surface area contributed by atoms with Crippen LogP contribution in [0.15, 0.2) is 44.7 Å². The zero-order valence-corrected chi connectivity index (χ0v) is 24.2. The Labute approximate surface area is 227 Å². The van der Waals surface area contributed by atoms with Gasteiger partial charge in [0.25, 0.3) is 5.56 Å². The number of fused-ring (bicyclic) bond motifs is 1. The van der Waals surface area contributed by atoms with Gasteiger partial charge in [0.15, 0.2) is 6.10 Å². The fourth-order valence-electron chi connectivity index (χ4n) is 3.09. The Morgan fingerprint density at radius 1 is 1.27 bits per heavy atom. The molecule has 3 rings (SSSR count).